The Balaban J connectivity index is 1.65. The number of aryl methyl sites for hydroxylation is 1. The van der Waals surface area contributed by atoms with Crippen molar-refractivity contribution in [3.05, 3.63) is 77.4 Å². The van der Waals surface area contributed by atoms with Crippen molar-refractivity contribution in [3.63, 3.8) is 0 Å². The average molecular weight is 504 g/mol. The number of benzene rings is 3. The van der Waals surface area contributed by atoms with Gasteiger partial charge in [0.05, 0.1) is 23.5 Å². The lowest BCUT2D eigenvalue weighted by molar-refractivity contribution is 0.0496. The number of ether oxygens (including phenoxy) is 2. The first kappa shape index (κ1) is 27.4. The van der Waals surface area contributed by atoms with Crippen LogP contribution in [0.3, 0.4) is 0 Å². The van der Waals surface area contributed by atoms with Gasteiger partial charge in [0.2, 0.25) is 0 Å². The lowest BCUT2D eigenvalue weighted by atomic mass is 10.1. The van der Waals surface area contributed by atoms with Gasteiger partial charge in [-0.15, -0.1) is 0 Å². The van der Waals surface area contributed by atoms with Gasteiger partial charge in [0, 0.05) is 24.8 Å². The van der Waals surface area contributed by atoms with E-state index in [1.807, 2.05) is 31.2 Å². The number of hydrogen-bond donors (Lipinski definition) is 1. The van der Waals surface area contributed by atoms with Gasteiger partial charge in [0.1, 0.15) is 17.1 Å². The van der Waals surface area contributed by atoms with E-state index in [0.717, 1.165) is 37.3 Å². The number of carbonyl (C=O) groups excluding carboxylic acids is 2. The van der Waals surface area contributed by atoms with E-state index in [-0.39, 0.29) is 23.7 Å². The number of unbranched alkanes of at least 4 members (excludes halogenated alkanes) is 1. The van der Waals surface area contributed by atoms with Crippen molar-refractivity contribution in [3.8, 4) is 11.5 Å². The molecule has 0 heterocycles. The van der Waals surface area contributed by atoms with E-state index in [2.05, 4.69) is 29.0 Å². The molecule has 0 radical (unpaired) electrons. The molecule has 3 rings (SSSR count). The molecule has 0 spiro atoms. The number of azo groups is 1. The molecular weight excluding hydrogens is 470 g/mol. The minimum Gasteiger partial charge on any atom is -0.507 e. The van der Waals surface area contributed by atoms with Gasteiger partial charge < -0.3 is 19.5 Å². The largest absolute Gasteiger partial charge is 0.507 e. The van der Waals surface area contributed by atoms with Crippen LogP contribution >= 0.6 is 0 Å². The fraction of sp³-hybridized carbons (Fsp3) is 0.310. The van der Waals surface area contributed by atoms with Crippen molar-refractivity contribution < 1.29 is 24.2 Å². The van der Waals surface area contributed by atoms with Crippen LogP contribution in [0, 0.1) is 6.92 Å². The van der Waals surface area contributed by atoms with Crippen molar-refractivity contribution >= 4 is 29.0 Å². The first-order valence-electron chi connectivity index (χ1n) is 12.5. The number of nitrogens with zero attached hydrogens (tertiary/aromatic N) is 3. The summed E-state index contributed by atoms with van der Waals surface area (Å²) in [6.07, 6.45) is 1.63. The van der Waals surface area contributed by atoms with Crippen LogP contribution in [-0.2, 0) is 4.74 Å². The second kappa shape index (κ2) is 13.2. The molecule has 8 nitrogen and oxygen atoms in total. The highest BCUT2D eigenvalue weighted by atomic mass is 16.5. The molecule has 3 aromatic carbocycles. The molecule has 0 unspecified atom stereocenters. The van der Waals surface area contributed by atoms with Gasteiger partial charge in [-0.05, 0) is 87.4 Å². The van der Waals surface area contributed by atoms with Crippen LogP contribution < -0.4 is 9.64 Å². The molecule has 1 N–H and O–H groups in total. The van der Waals surface area contributed by atoms with E-state index in [1.54, 1.807) is 25.1 Å². The molecule has 0 fully saturated rings. The molecule has 0 saturated heterocycles. The third kappa shape index (κ3) is 7.39. The maximum atomic E-state index is 12.7. The summed E-state index contributed by atoms with van der Waals surface area (Å²) in [7, 11) is 0. The highest BCUT2D eigenvalue weighted by Gasteiger charge is 2.17. The van der Waals surface area contributed by atoms with Gasteiger partial charge in [-0.2, -0.15) is 10.2 Å². The van der Waals surface area contributed by atoms with E-state index in [0.29, 0.717) is 16.8 Å². The number of hydrogen-bond acceptors (Lipinski definition) is 8. The number of carbonyl (C=O) groups is 2. The van der Waals surface area contributed by atoms with Crippen molar-refractivity contribution in [2.75, 3.05) is 24.6 Å². The number of phenols is 1. The summed E-state index contributed by atoms with van der Waals surface area (Å²) >= 11 is 0. The second-order valence-electron chi connectivity index (χ2n) is 8.45. The zero-order valence-corrected chi connectivity index (χ0v) is 21.7. The zero-order chi connectivity index (χ0) is 26.8. The fourth-order valence-corrected chi connectivity index (χ4v) is 3.67. The van der Waals surface area contributed by atoms with Crippen LogP contribution in [0.15, 0.2) is 70.9 Å². The second-order valence-corrected chi connectivity index (χ2v) is 8.45. The van der Waals surface area contributed by atoms with Crippen molar-refractivity contribution in [2.24, 2.45) is 10.2 Å². The predicted octanol–water partition coefficient (Wildman–Crippen LogP) is 7.14. The summed E-state index contributed by atoms with van der Waals surface area (Å²) in [5.41, 5.74) is 3.51. The summed E-state index contributed by atoms with van der Waals surface area (Å²) in [5, 5.41) is 18.8. The summed E-state index contributed by atoms with van der Waals surface area (Å²) in [6.45, 7) is 10.2. The smallest absolute Gasteiger partial charge is 0.343 e. The highest BCUT2D eigenvalue weighted by Crippen LogP contribution is 2.27. The Labute approximate surface area is 217 Å². The van der Waals surface area contributed by atoms with Crippen molar-refractivity contribution in [1.29, 1.82) is 0 Å². The van der Waals surface area contributed by atoms with E-state index < -0.39 is 11.9 Å². The number of phenolic OH excluding ortho intramolecular Hbond substituents is 1. The number of rotatable bonds is 11. The molecule has 0 aromatic heterocycles. The quantitative estimate of drug-likeness (QED) is 0.129. The fourth-order valence-electron chi connectivity index (χ4n) is 3.67. The Morgan fingerprint density at radius 1 is 0.838 bits per heavy atom. The van der Waals surface area contributed by atoms with E-state index in [9.17, 15) is 14.7 Å². The van der Waals surface area contributed by atoms with E-state index in [1.165, 1.54) is 18.2 Å². The van der Waals surface area contributed by atoms with Gasteiger partial charge in [0.15, 0.2) is 0 Å². The predicted molar refractivity (Wildman–Crippen MR) is 144 cm³/mol. The monoisotopic (exact) mass is 503 g/mol. The maximum absolute atomic E-state index is 12.7. The van der Waals surface area contributed by atoms with Crippen LogP contribution in [0.1, 0.15) is 59.9 Å². The molecule has 0 amide bonds. The summed E-state index contributed by atoms with van der Waals surface area (Å²) < 4.78 is 10.5. The zero-order valence-electron chi connectivity index (χ0n) is 21.7. The topological polar surface area (TPSA) is 101 Å². The standard InChI is InChI=1S/C29H33N3O5/c1-5-8-17-36-28(34)26-16-14-24(19-27(26)33)37-29(35)25-15-11-22(18-20(25)4)31-30-21-9-12-23(13-10-21)32(6-2)7-3/h9-16,18-19,33H,5-8,17H2,1-4H3/b31-30+. The molecule has 37 heavy (non-hydrogen) atoms. The first-order chi connectivity index (χ1) is 17.9. The molecule has 0 aliphatic carbocycles. The number of aromatic hydroxyl groups is 1. The van der Waals surface area contributed by atoms with Gasteiger partial charge in [-0.3, -0.25) is 0 Å². The number of anilines is 1. The minimum atomic E-state index is -0.621. The summed E-state index contributed by atoms with van der Waals surface area (Å²) in [5.74, 6) is -1.41. The molecule has 0 aliphatic rings. The SMILES string of the molecule is CCCCOC(=O)c1ccc(OC(=O)c2ccc(/N=N/c3ccc(N(CC)CC)cc3)cc2C)cc1O. The van der Waals surface area contributed by atoms with Crippen LogP contribution in [-0.4, -0.2) is 36.7 Å². The minimum absolute atomic E-state index is 0.0180. The molecule has 0 atom stereocenters. The normalized spacial score (nSPS) is 10.9. The van der Waals surface area contributed by atoms with Gasteiger partial charge in [0.25, 0.3) is 0 Å². The molecule has 3 aromatic rings. The van der Waals surface area contributed by atoms with Crippen molar-refractivity contribution in [2.45, 2.75) is 40.5 Å². The molecule has 194 valence electrons. The lowest BCUT2D eigenvalue weighted by Crippen LogP contribution is -2.21. The third-order valence-corrected chi connectivity index (χ3v) is 5.82. The maximum Gasteiger partial charge on any atom is 0.343 e. The molecular formula is C29H33N3O5. The molecule has 0 saturated carbocycles. The Morgan fingerprint density at radius 3 is 2.11 bits per heavy atom. The van der Waals surface area contributed by atoms with Crippen LogP contribution in [0.5, 0.6) is 11.5 Å². The molecule has 8 heteroatoms. The van der Waals surface area contributed by atoms with Crippen molar-refractivity contribution in [1.82, 2.24) is 0 Å². The van der Waals surface area contributed by atoms with Gasteiger partial charge >= 0.3 is 11.9 Å². The Bertz CT molecular complexity index is 1250. The Morgan fingerprint density at radius 2 is 1.49 bits per heavy atom. The molecule has 0 aliphatic heterocycles. The van der Waals surface area contributed by atoms with Gasteiger partial charge in [-0.1, -0.05) is 13.3 Å². The average Bonchev–Trinajstić information content (AvgIpc) is 2.89. The Hall–Kier alpha value is -4.20. The summed E-state index contributed by atoms with van der Waals surface area (Å²) in [6, 6.07) is 17.0. The Kier molecular flexibility index (Phi) is 9.77. The van der Waals surface area contributed by atoms with Crippen LogP contribution in [0.2, 0.25) is 0 Å². The van der Waals surface area contributed by atoms with E-state index in [4.69, 9.17) is 9.47 Å². The summed E-state index contributed by atoms with van der Waals surface area (Å²) in [4.78, 5) is 27.0. The van der Waals surface area contributed by atoms with Crippen LogP contribution in [0.4, 0.5) is 17.1 Å². The molecule has 0 bridgehead atoms. The number of esters is 2. The van der Waals surface area contributed by atoms with E-state index >= 15 is 0 Å². The first-order valence-corrected chi connectivity index (χ1v) is 12.5. The van der Waals surface area contributed by atoms with Gasteiger partial charge in [-0.25, -0.2) is 9.59 Å². The van der Waals surface area contributed by atoms with Crippen LogP contribution in [0.25, 0.3) is 0 Å². The highest BCUT2D eigenvalue weighted by molar-refractivity contribution is 5.94. The lowest BCUT2D eigenvalue weighted by Gasteiger charge is -2.20. The third-order valence-electron chi connectivity index (χ3n) is 5.82.